The van der Waals surface area contributed by atoms with Crippen molar-refractivity contribution in [1.29, 1.82) is 0 Å². The van der Waals surface area contributed by atoms with Crippen molar-refractivity contribution in [1.82, 2.24) is 0 Å². The summed E-state index contributed by atoms with van der Waals surface area (Å²) >= 11 is 0. The van der Waals surface area contributed by atoms with E-state index in [0.29, 0.717) is 5.56 Å². The van der Waals surface area contributed by atoms with Crippen LogP contribution >= 0.6 is 0 Å². The molecule has 4 nitrogen and oxygen atoms in total. The lowest BCUT2D eigenvalue weighted by molar-refractivity contribution is -0.139. The Morgan fingerprint density at radius 2 is 1.20 bits per heavy atom. The highest BCUT2D eigenvalue weighted by Crippen LogP contribution is 2.14. The van der Waals surface area contributed by atoms with Crippen LogP contribution in [0, 0.1) is 0 Å². The second-order valence-corrected chi connectivity index (χ2v) is 8.30. The first-order valence-electron chi connectivity index (χ1n) is 12.1. The largest absolute Gasteiger partial charge is 0.457 e. The van der Waals surface area contributed by atoms with Gasteiger partial charge in [0.25, 0.3) is 0 Å². The van der Waals surface area contributed by atoms with Gasteiger partial charge in [-0.25, -0.2) is 0 Å². The molecule has 0 aliphatic rings. The van der Waals surface area contributed by atoms with E-state index in [1.54, 1.807) is 12.1 Å². The lowest BCUT2D eigenvalue weighted by Crippen LogP contribution is -2.11. The van der Waals surface area contributed by atoms with Gasteiger partial charge in [0.2, 0.25) is 0 Å². The van der Waals surface area contributed by atoms with E-state index in [1.165, 1.54) is 96.8 Å². The minimum Gasteiger partial charge on any atom is -0.457 e. The van der Waals surface area contributed by atoms with E-state index >= 15 is 0 Å². The molecule has 1 aromatic rings. The Kier molecular flexibility index (Phi) is 15.7. The summed E-state index contributed by atoms with van der Waals surface area (Å²) in [6.45, 7) is 4.34. The Hall–Kier alpha value is -1.84. The number of hydrogen-bond acceptors (Lipinski definition) is 4. The Morgan fingerprint density at radius 3 is 1.67 bits per heavy atom. The maximum atomic E-state index is 11.9. The quantitative estimate of drug-likeness (QED) is 0.145. The summed E-state index contributed by atoms with van der Waals surface area (Å²) in [5, 5.41) is 3.41. The van der Waals surface area contributed by atoms with Gasteiger partial charge >= 0.3 is 5.97 Å². The van der Waals surface area contributed by atoms with E-state index in [2.05, 4.69) is 12.2 Å². The predicted molar refractivity (Wildman–Crippen MR) is 126 cm³/mol. The zero-order chi connectivity index (χ0) is 21.9. The van der Waals surface area contributed by atoms with E-state index in [0.717, 1.165) is 12.2 Å². The molecule has 0 aliphatic carbocycles. The minimum absolute atomic E-state index is 0.177. The van der Waals surface area contributed by atoms with Crippen molar-refractivity contribution in [2.24, 2.45) is 0 Å². The third-order valence-electron chi connectivity index (χ3n) is 5.47. The number of unbranched alkanes of at least 4 members (excludes halogenated alkanes) is 13. The molecule has 0 unspecified atom stereocenters. The number of nitrogens with one attached hydrogen (secondary N) is 1. The first-order valence-corrected chi connectivity index (χ1v) is 12.1. The molecular formula is C26H43NO3. The van der Waals surface area contributed by atoms with E-state index in [-0.39, 0.29) is 12.4 Å². The predicted octanol–water partition coefficient (Wildman–Crippen LogP) is 7.33. The Labute approximate surface area is 184 Å². The summed E-state index contributed by atoms with van der Waals surface area (Å²) in [5.74, 6) is -0.612. The number of anilines is 1. The molecule has 0 bridgehead atoms. The van der Waals surface area contributed by atoms with Crippen molar-refractivity contribution in [3.05, 3.63) is 29.8 Å². The smallest absolute Gasteiger partial charge is 0.303 e. The molecule has 0 spiro atoms. The summed E-state index contributed by atoms with van der Waals surface area (Å²) < 4.78 is 4.74. The van der Waals surface area contributed by atoms with Crippen LogP contribution in [-0.4, -0.2) is 24.9 Å². The molecular weight excluding hydrogens is 374 g/mol. The molecule has 1 aromatic carbocycles. The van der Waals surface area contributed by atoms with Gasteiger partial charge in [-0.2, -0.15) is 0 Å². The van der Waals surface area contributed by atoms with Gasteiger partial charge < -0.3 is 10.1 Å². The Balaban J connectivity index is 1.93. The molecule has 0 radical (unpaired) electrons. The SMILES string of the molecule is CCCCCCCCCCCCCCCCNc1ccc(C(=O)COC(C)=O)cc1. The number of hydrogen-bond donors (Lipinski definition) is 1. The topological polar surface area (TPSA) is 55.4 Å². The molecule has 0 aromatic heterocycles. The molecule has 4 heteroatoms. The van der Waals surface area contributed by atoms with E-state index in [9.17, 15) is 9.59 Å². The van der Waals surface area contributed by atoms with Crippen LogP contribution in [0.25, 0.3) is 0 Å². The van der Waals surface area contributed by atoms with Gasteiger partial charge in [0.05, 0.1) is 0 Å². The minimum atomic E-state index is -0.435. The summed E-state index contributed by atoms with van der Waals surface area (Å²) in [4.78, 5) is 22.6. The number of carbonyl (C=O) groups excluding carboxylic acids is 2. The van der Waals surface area contributed by atoms with Crippen LogP contribution in [0.1, 0.15) is 114 Å². The summed E-state index contributed by atoms with van der Waals surface area (Å²) in [7, 11) is 0. The molecule has 0 amide bonds. The first kappa shape index (κ1) is 26.2. The molecule has 30 heavy (non-hydrogen) atoms. The van der Waals surface area contributed by atoms with Gasteiger partial charge in [0, 0.05) is 24.7 Å². The van der Waals surface area contributed by atoms with Gasteiger partial charge in [-0.15, -0.1) is 0 Å². The fourth-order valence-corrected chi connectivity index (χ4v) is 3.58. The van der Waals surface area contributed by atoms with Gasteiger partial charge in [-0.05, 0) is 30.7 Å². The fraction of sp³-hybridized carbons (Fsp3) is 0.692. The second kappa shape index (κ2) is 18.0. The molecule has 0 saturated heterocycles. The highest BCUT2D eigenvalue weighted by Gasteiger charge is 2.07. The van der Waals surface area contributed by atoms with Crippen LogP contribution in [0.2, 0.25) is 0 Å². The fourth-order valence-electron chi connectivity index (χ4n) is 3.58. The van der Waals surface area contributed by atoms with Crippen molar-refractivity contribution in [2.45, 2.75) is 104 Å². The summed E-state index contributed by atoms with van der Waals surface area (Å²) in [6, 6.07) is 7.37. The van der Waals surface area contributed by atoms with Gasteiger partial charge in [0.15, 0.2) is 12.4 Å². The third kappa shape index (κ3) is 14.2. The number of rotatable bonds is 19. The maximum absolute atomic E-state index is 11.9. The van der Waals surface area contributed by atoms with E-state index < -0.39 is 5.97 Å². The molecule has 1 rings (SSSR count). The Bertz CT molecular complexity index is 568. The lowest BCUT2D eigenvalue weighted by Gasteiger charge is -2.08. The van der Waals surface area contributed by atoms with Gasteiger partial charge in [0.1, 0.15) is 0 Å². The van der Waals surface area contributed by atoms with Crippen molar-refractivity contribution in [2.75, 3.05) is 18.5 Å². The standard InChI is InChI=1S/C26H43NO3/c1-3-4-5-6-7-8-9-10-11-12-13-14-15-16-21-27-25-19-17-24(18-20-25)26(29)22-30-23(2)28/h17-20,27H,3-16,21-22H2,1-2H3. The van der Waals surface area contributed by atoms with Crippen LogP contribution in [0.5, 0.6) is 0 Å². The molecule has 0 heterocycles. The van der Waals surface area contributed by atoms with Crippen LogP contribution in [0.3, 0.4) is 0 Å². The highest BCUT2D eigenvalue weighted by atomic mass is 16.5. The molecule has 0 atom stereocenters. The van der Waals surface area contributed by atoms with Gasteiger partial charge in [-0.3, -0.25) is 9.59 Å². The van der Waals surface area contributed by atoms with Crippen molar-refractivity contribution in [3.63, 3.8) is 0 Å². The average Bonchev–Trinajstić information content (AvgIpc) is 2.75. The first-order chi connectivity index (χ1) is 14.6. The maximum Gasteiger partial charge on any atom is 0.303 e. The number of Topliss-reactive ketones (excluding diaryl/α,β-unsaturated/α-hetero) is 1. The Morgan fingerprint density at radius 1 is 0.733 bits per heavy atom. The second-order valence-electron chi connectivity index (χ2n) is 8.30. The van der Waals surface area contributed by atoms with Crippen LogP contribution < -0.4 is 5.32 Å². The highest BCUT2D eigenvalue weighted by molar-refractivity contribution is 5.98. The zero-order valence-corrected chi connectivity index (χ0v) is 19.3. The molecule has 1 N–H and O–H groups in total. The van der Waals surface area contributed by atoms with Crippen LogP contribution in [0.15, 0.2) is 24.3 Å². The van der Waals surface area contributed by atoms with E-state index in [1.807, 2.05) is 12.1 Å². The average molecular weight is 418 g/mol. The number of benzene rings is 1. The molecule has 0 fully saturated rings. The van der Waals surface area contributed by atoms with Crippen molar-refractivity contribution < 1.29 is 14.3 Å². The van der Waals surface area contributed by atoms with Crippen molar-refractivity contribution in [3.8, 4) is 0 Å². The van der Waals surface area contributed by atoms with Crippen LogP contribution in [-0.2, 0) is 9.53 Å². The number of ketones is 1. The normalized spacial score (nSPS) is 10.7. The summed E-state index contributed by atoms with van der Waals surface area (Å²) in [6.07, 6.45) is 19.2. The van der Waals surface area contributed by atoms with Gasteiger partial charge in [-0.1, -0.05) is 90.4 Å². The monoisotopic (exact) mass is 417 g/mol. The van der Waals surface area contributed by atoms with Crippen LogP contribution in [0.4, 0.5) is 5.69 Å². The van der Waals surface area contributed by atoms with E-state index in [4.69, 9.17) is 4.74 Å². The number of ether oxygens (including phenoxy) is 1. The molecule has 0 aliphatic heterocycles. The molecule has 0 saturated carbocycles. The summed E-state index contributed by atoms with van der Waals surface area (Å²) in [5.41, 5.74) is 1.59. The third-order valence-corrected chi connectivity index (χ3v) is 5.47. The lowest BCUT2D eigenvalue weighted by atomic mass is 10.0. The van der Waals surface area contributed by atoms with Crippen molar-refractivity contribution >= 4 is 17.4 Å². The molecule has 170 valence electrons. The zero-order valence-electron chi connectivity index (χ0n) is 19.3. The number of esters is 1. The number of carbonyl (C=O) groups is 2.